The Bertz CT molecular complexity index is 352. The van der Waals surface area contributed by atoms with E-state index in [4.69, 9.17) is 16.3 Å². The van der Waals surface area contributed by atoms with E-state index in [1.807, 2.05) is 12.1 Å². The quantitative estimate of drug-likeness (QED) is 0.828. The van der Waals surface area contributed by atoms with Gasteiger partial charge in [0.1, 0.15) is 5.75 Å². The number of halogens is 1. The van der Waals surface area contributed by atoms with Crippen molar-refractivity contribution in [1.82, 2.24) is 5.32 Å². The maximum Gasteiger partial charge on any atom is 0.137 e. The molecule has 0 amide bonds. The molecule has 0 radical (unpaired) electrons. The number of hydrogen-bond acceptors (Lipinski definition) is 2. The molecule has 3 heteroatoms. The lowest BCUT2D eigenvalue weighted by molar-refractivity contribution is 0.406. The van der Waals surface area contributed by atoms with Crippen molar-refractivity contribution in [2.45, 2.75) is 33.2 Å². The molecule has 1 aromatic carbocycles. The summed E-state index contributed by atoms with van der Waals surface area (Å²) in [7, 11) is 1.64. The van der Waals surface area contributed by atoms with E-state index in [9.17, 15) is 0 Å². The smallest absolute Gasteiger partial charge is 0.137 e. The predicted octanol–water partition coefficient (Wildman–Crippen LogP) is 4.05. The first-order chi connectivity index (χ1) is 8.10. The highest BCUT2D eigenvalue weighted by molar-refractivity contribution is 6.32. The first kappa shape index (κ1) is 14.3. The predicted molar refractivity (Wildman–Crippen MR) is 73.9 cm³/mol. The van der Waals surface area contributed by atoms with Gasteiger partial charge in [0.15, 0.2) is 0 Å². The normalized spacial score (nSPS) is 12.8. The highest BCUT2D eigenvalue weighted by Gasteiger charge is 2.16. The van der Waals surface area contributed by atoms with E-state index in [2.05, 4.69) is 32.2 Å². The third kappa shape index (κ3) is 3.90. The van der Waals surface area contributed by atoms with Gasteiger partial charge in [-0.05, 0) is 36.6 Å². The Morgan fingerprint density at radius 3 is 2.53 bits per heavy atom. The molecule has 1 unspecified atom stereocenters. The molecule has 0 spiro atoms. The Morgan fingerprint density at radius 2 is 2.06 bits per heavy atom. The molecule has 0 bridgehead atoms. The molecular weight excluding hydrogens is 234 g/mol. The summed E-state index contributed by atoms with van der Waals surface area (Å²) in [5.41, 5.74) is 1.22. The first-order valence-corrected chi connectivity index (χ1v) is 6.54. The van der Waals surface area contributed by atoms with Gasteiger partial charge in [0.2, 0.25) is 0 Å². The van der Waals surface area contributed by atoms with Gasteiger partial charge in [-0.25, -0.2) is 0 Å². The first-order valence-electron chi connectivity index (χ1n) is 6.17. The number of methoxy groups -OCH3 is 1. The minimum Gasteiger partial charge on any atom is -0.495 e. The number of nitrogens with one attached hydrogen (secondary N) is 1. The van der Waals surface area contributed by atoms with Gasteiger partial charge in [-0.1, -0.05) is 38.4 Å². The lowest BCUT2D eigenvalue weighted by Crippen LogP contribution is -2.26. The maximum atomic E-state index is 6.16. The van der Waals surface area contributed by atoms with Crippen molar-refractivity contribution < 1.29 is 4.74 Å². The molecule has 1 atom stereocenters. The van der Waals surface area contributed by atoms with Crippen LogP contribution in [0.2, 0.25) is 5.02 Å². The van der Waals surface area contributed by atoms with Crippen LogP contribution < -0.4 is 10.1 Å². The zero-order valence-corrected chi connectivity index (χ0v) is 11.8. The van der Waals surface area contributed by atoms with Crippen molar-refractivity contribution >= 4 is 11.6 Å². The maximum absolute atomic E-state index is 6.16. The zero-order chi connectivity index (χ0) is 12.8. The van der Waals surface area contributed by atoms with Gasteiger partial charge in [-0.15, -0.1) is 0 Å². The van der Waals surface area contributed by atoms with Crippen LogP contribution >= 0.6 is 11.6 Å². The highest BCUT2D eigenvalue weighted by atomic mass is 35.5. The Hall–Kier alpha value is -0.730. The van der Waals surface area contributed by atoms with Gasteiger partial charge in [-0.2, -0.15) is 0 Å². The molecule has 17 heavy (non-hydrogen) atoms. The van der Waals surface area contributed by atoms with E-state index in [1.54, 1.807) is 7.11 Å². The monoisotopic (exact) mass is 255 g/mol. The Labute approximate surface area is 109 Å². The van der Waals surface area contributed by atoms with Crippen LogP contribution in [0.1, 0.15) is 38.8 Å². The molecule has 1 rings (SSSR count). The largest absolute Gasteiger partial charge is 0.495 e. The third-order valence-corrected chi connectivity index (χ3v) is 3.11. The van der Waals surface area contributed by atoms with Gasteiger partial charge in [0.05, 0.1) is 12.1 Å². The SMILES string of the molecule is CCCNC(c1ccc(OC)c(Cl)c1)C(C)C. The van der Waals surface area contributed by atoms with Crippen LogP contribution in [0.4, 0.5) is 0 Å². The summed E-state index contributed by atoms with van der Waals surface area (Å²) >= 11 is 6.16. The molecule has 0 saturated carbocycles. The molecule has 2 nitrogen and oxygen atoms in total. The van der Waals surface area contributed by atoms with Crippen molar-refractivity contribution in [3.8, 4) is 5.75 Å². The average Bonchev–Trinajstić information content (AvgIpc) is 2.29. The summed E-state index contributed by atoms with van der Waals surface area (Å²) in [6.45, 7) is 7.62. The summed E-state index contributed by atoms with van der Waals surface area (Å²) in [5.74, 6) is 1.26. The van der Waals surface area contributed by atoms with Crippen LogP contribution in [0.25, 0.3) is 0 Å². The summed E-state index contributed by atoms with van der Waals surface area (Å²) < 4.78 is 5.17. The molecule has 0 aliphatic rings. The molecule has 96 valence electrons. The van der Waals surface area contributed by atoms with Gasteiger partial charge >= 0.3 is 0 Å². The Balaban J connectivity index is 2.90. The summed E-state index contributed by atoms with van der Waals surface area (Å²) in [4.78, 5) is 0. The average molecular weight is 256 g/mol. The van der Waals surface area contributed by atoms with Crippen LogP contribution in [0, 0.1) is 5.92 Å². The fraction of sp³-hybridized carbons (Fsp3) is 0.571. The van der Waals surface area contributed by atoms with Crippen molar-refractivity contribution in [1.29, 1.82) is 0 Å². The van der Waals surface area contributed by atoms with Gasteiger partial charge < -0.3 is 10.1 Å². The fourth-order valence-electron chi connectivity index (χ4n) is 1.91. The molecular formula is C14H22ClNO. The van der Waals surface area contributed by atoms with E-state index in [0.29, 0.717) is 17.0 Å². The standard InChI is InChI=1S/C14H22ClNO/c1-5-8-16-14(10(2)3)11-6-7-13(17-4)12(15)9-11/h6-7,9-10,14,16H,5,8H2,1-4H3. The topological polar surface area (TPSA) is 21.3 Å². The van der Waals surface area contributed by atoms with Crippen LogP contribution in [0.3, 0.4) is 0 Å². The minimum absolute atomic E-state index is 0.346. The molecule has 0 aromatic heterocycles. The van der Waals surface area contributed by atoms with Crippen molar-refractivity contribution in [2.75, 3.05) is 13.7 Å². The van der Waals surface area contributed by atoms with Gasteiger partial charge in [-0.3, -0.25) is 0 Å². The molecule has 0 heterocycles. The number of benzene rings is 1. The lowest BCUT2D eigenvalue weighted by Gasteiger charge is -2.23. The second-order valence-corrected chi connectivity index (χ2v) is 4.98. The summed E-state index contributed by atoms with van der Waals surface area (Å²) in [6, 6.07) is 6.35. The Morgan fingerprint density at radius 1 is 1.35 bits per heavy atom. The van der Waals surface area contributed by atoms with Gasteiger partial charge in [0, 0.05) is 6.04 Å². The summed E-state index contributed by atoms with van der Waals surface area (Å²) in [5, 5.41) is 4.23. The third-order valence-electron chi connectivity index (χ3n) is 2.82. The number of rotatable bonds is 6. The van der Waals surface area contributed by atoms with Crippen LogP contribution in [-0.2, 0) is 0 Å². The fourth-order valence-corrected chi connectivity index (χ4v) is 2.18. The van der Waals surface area contributed by atoms with E-state index in [1.165, 1.54) is 5.56 Å². The lowest BCUT2D eigenvalue weighted by atomic mass is 9.96. The van der Waals surface area contributed by atoms with E-state index in [-0.39, 0.29) is 0 Å². The van der Waals surface area contributed by atoms with E-state index >= 15 is 0 Å². The number of hydrogen-bond donors (Lipinski definition) is 1. The zero-order valence-electron chi connectivity index (χ0n) is 11.1. The van der Waals surface area contributed by atoms with Crippen molar-refractivity contribution in [3.63, 3.8) is 0 Å². The van der Waals surface area contributed by atoms with Crippen LogP contribution in [0.15, 0.2) is 18.2 Å². The summed E-state index contributed by atoms with van der Waals surface area (Å²) in [6.07, 6.45) is 1.13. The second kappa shape index (κ2) is 6.87. The molecule has 0 saturated heterocycles. The van der Waals surface area contributed by atoms with Crippen molar-refractivity contribution in [3.05, 3.63) is 28.8 Å². The van der Waals surface area contributed by atoms with E-state index in [0.717, 1.165) is 18.7 Å². The Kier molecular flexibility index (Phi) is 5.79. The van der Waals surface area contributed by atoms with Crippen molar-refractivity contribution in [2.24, 2.45) is 5.92 Å². The van der Waals surface area contributed by atoms with Gasteiger partial charge in [0.25, 0.3) is 0 Å². The van der Waals surface area contributed by atoms with Crippen LogP contribution in [0.5, 0.6) is 5.75 Å². The minimum atomic E-state index is 0.346. The molecule has 0 aliphatic heterocycles. The second-order valence-electron chi connectivity index (χ2n) is 4.57. The highest BCUT2D eigenvalue weighted by Crippen LogP contribution is 2.30. The molecule has 1 N–H and O–H groups in total. The van der Waals surface area contributed by atoms with Crippen LogP contribution in [-0.4, -0.2) is 13.7 Å². The van der Waals surface area contributed by atoms with E-state index < -0.39 is 0 Å². The molecule has 1 aromatic rings. The molecule has 0 aliphatic carbocycles. The molecule has 0 fully saturated rings. The number of ether oxygens (including phenoxy) is 1.